The van der Waals surface area contributed by atoms with Crippen molar-refractivity contribution in [1.82, 2.24) is 14.5 Å². The van der Waals surface area contributed by atoms with E-state index in [1.807, 2.05) is 24.5 Å². The molecule has 1 aliphatic rings. The number of nitrogens with two attached hydrogens (primary N) is 1. The monoisotopic (exact) mass is 449 g/mol. The Balaban J connectivity index is 1.40. The second-order valence-electron chi connectivity index (χ2n) is 8.89. The molecular formula is C28H27N5O. The molecule has 6 heteroatoms. The number of para-hydroxylation sites is 1. The average molecular weight is 450 g/mol. The number of imidazole rings is 1. The topological polar surface area (TPSA) is 69.2 Å². The van der Waals surface area contributed by atoms with Gasteiger partial charge in [0.25, 0.3) is 0 Å². The van der Waals surface area contributed by atoms with Crippen LogP contribution in [0.2, 0.25) is 0 Å². The summed E-state index contributed by atoms with van der Waals surface area (Å²) in [5.41, 5.74) is 12.5. The number of nitrogens with zero attached hydrogens (tertiary/aromatic N) is 4. The number of pyridine rings is 1. The quantitative estimate of drug-likeness (QED) is 0.410. The van der Waals surface area contributed by atoms with Gasteiger partial charge in [-0.2, -0.15) is 0 Å². The van der Waals surface area contributed by atoms with Gasteiger partial charge in [-0.15, -0.1) is 0 Å². The molecule has 2 aromatic heterocycles. The van der Waals surface area contributed by atoms with Gasteiger partial charge in [-0.1, -0.05) is 30.3 Å². The molecule has 1 saturated heterocycles. The molecule has 0 saturated carbocycles. The van der Waals surface area contributed by atoms with Crippen molar-refractivity contribution in [2.24, 2.45) is 5.73 Å². The first kappa shape index (κ1) is 20.7. The smallest absolute Gasteiger partial charge is 0.139 e. The molecule has 1 fully saturated rings. The number of methoxy groups -OCH3 is 1. The molecule has 34 heavy (non-hydrogen) atoms. The average Bonchev–Trinajstić information content (AvgIpc) is 3.32. The maximum Gasteiger partial charge on any atom is 0.139 e. The summed E-state index contributed by atoms with van der Waals surface area (Å²) in [7, 11) is 1.69. The van der Waals surface area contributed by atoms with E-state index < -0.39 is 0 Å². The van der Waals surface area contributed by atoms with Crippen LogP contribution in [0, 0.1) is 0 Å². The van der Waals surface area contributed by atoms with Gasteiger partial charge >= 0.3 is 0 Å². The van der Waals surface area contributed by atoms with Crippen molar-refractivity contribution in [3.05, 3.63) is 79.1 Å². The maximum absolute atomic E-state index is 6.13. The molecule has 0 spiro atoms. The third-order valence-electron chi connectivity index (χ3n) is 6.76. The van der Waals surface area contributed by atoms with E-state index in [9.17, 15) is 0 Å². The third-order valence-corrected chi connectivity index (χ3v) is 6.76. The van der Waals surface area contributed by atoms with E-state index in [0.717, 1.165) is 70.6 Å². The lowest BCUT2D eigenvalue weighted by molar-refractivity contribution is 0.415. The number of fused-ring (bicyclic) bond motifs is 2. The Hall–Kier alpha value is -3.90. The molecule has 3 aromatic carbocycles. The first-order chi connectivity index (χ1) is 16.7. The first-order valence-electron chi connectivity index (χ1n) is 11.7. The zero-order valence-corrected chi connectivity index (χ0v) is 19.2. The molecule has 0 atom stereocenters. The summed E-state index contributed by atoms with van der Waals surface area (Å²) in [6, 6.07) is 25.3. The summed E-state index contributed by atoms with van der Waals surface area (Å²) in [5, 5.41) is 1.14. The highest BCUT2D eigenvalue weighted by Gasteiger charge is 2.19. The number of rotatable bonds is 4. The SMILES string of the molecule is COc1cccc(-c2ccc3c(c2)ncn3-c2ccc3cccc(N4CCC(N)CC4)c3n2)c1. The molecule has 5 aromatic rings. The van der Waals surface area contributed by atoms with Crippen LogP contribution in [0.5, 0.6) is 5.75 Å². The van der Waals surface area contributed by atoms with Crippen molar-refractivity contribution in [3.8, 4) is 22.7 Å². The van der Waals surface area contributed by atoms with E-state index in [1.165, 1.54) is 5.69 Å². The van der Waals surface area contributed by atoms with Gasteiger partial charge in [0.05, 0.1) is 29.3 Å². The van der Waals surface area contributed by atoms with Crippen LogP contribution in [0.25, 0.3) is 38.9 Å². The van der Waals surface area contributed by atoms with Crippen LogP contribution in [0.3, 0.4) is 0 Å². The number of aromatic nitrogens is 3. The summed E-state index contributed by atoms with van der Waals surface area (Å²) in [5.74, 6) is 1.71. The van der Waals surface area contributed by atoms with Gasteiger partial charge in [0, 0.05) is 24.5 Å². The van der Waals surface area contributed by atoms with Crippen molar-refractivity contribution in [3.63, 3.8) is 0 Å². The van der Waals surface area contributed by atoms with E-state index >= 15 is 0 Å². The molecule has 0 aliphatic carbocycles. The molecule has 1 aliphatic heterocycles. The van der Waals surface area contributed by atoms with Crippen LogP contribution in [-0.4, -0.2) is 40.8 Å². The second-order valence-corrected chi connectivity index (χ2v) is 8.89. The molecule has 2 N–H and O–H groups in total. The summed E-state index contributed by atoms with van der Waals surface area (Å²) >= 11 is 0. The fraction of sp³-hybridized carbons (Fsp3) is 0.214. The van der Waals surface area contributed by atoms with Gasteiger partial charge in [0.2, 0.25) is 0 Å². The Morgan fingerprint density at radius 1 is 0.912 bits per heavy atom. The molecule has 170 valence electrons. The largest absolute Gasteiger partial charge is 0.497 e. The van der Waals surface area contributed by atoms with E-state index in [0.29, 0.717) is 6.04 Å². The third kappa shape index (κ3) is 3.66. The van der Waals surface area contributed by atoms with Crippen molar-refractivity contribution in [2.75, 3.05) is 25.1 Å². The zero-order chi connectivity index (χ0) is 23.1. The zero-order valence-electron chi connectivity index (χ0n) is 19.2. The summed E-state index contributed by atoms with van der Waals surface area (Å²) in [6.07, 6.45) is 3.88. The lowest BCUT2D eigenvalue weighted by Crippen LogP contribution is -2.39. The second kappa shape index (κ2) is 8.47. The first-order valence-corrected chi connectivity index (χ1v) is 11.7. The number of ether oxygens (including phenoxy) is 1. The van der Waals surface area contributed by atoms with E-state index in [1.54, 1.807) is 7.11 Å². The number of hydrogen-bond donors (Lipinski definition) is 1. The minimum atomic E-state index is 0.300. The van der Waals surface area contributed by atoms with Gasteiger partial charge in [-0.25, -0.2) is 9.97 Å². The molecule has 0 amide bonds. The molecule has 0 radical (unpaired) electrons. The van der Waals surface area contributed by atoms with Crippen LogP contribution in [0.15, 0.2) is 79.1 Å². The van der Waals surface area contributed by atoms with Crippen LogP contribution >= 0.6 is 0 Å². The number of benzene rings is 3. The van der Waals surface area contributed by atoms with Crippen molar-refractivity contribution < 1.29 is 4.74 Å². The lowest BCUT2D eigenvalue weighted by Gasteiger charge is -2.32. The van der Waals surface area contributed by atoms with Crippen molar-refractivity contribution in [1.29, 1.82) is 0 Å². The predicted molar refractivity (Wildman–Crippen MR) is 138 cm³/mol. The number of anilines is 1. The normalized spacial score (nSPS) is 14.7. The van der Waals surface area contributed by atoms with Crippen LogP contribution < -0.4 is 15.4 Å². The van der Waals surface area contributed by atoms with Crippen molar-refractivity contribution in [2.45, 2.75) is 18.9 Å². The highest BCUT2D eigenvalue weighted by atomic mass is 16.5. The van der Waals surface area contributed by atoms with Crippen LogP contribution in [-0.2, 0) is 0 Å². The Kier molecular flexibility index (Phi) is 5.15. The standard InChI is InChI=1S/C28H27N5O/c1-34-23-6-2-5-20(16-23)21-8-10-25-24(17-21)30-18-33(25)27-11-9-19-4-3-7-26(28(19)31-27)32-14-12-22(29)13-15-32/h2-11,16-18,22H,12-15,29H2,1H3. The summed E-state index contributed by atoms with van der Waals surface area (Å²) < 4.78 is 7.44. The molecule has 3 heterocycles. The van der Waals surface area contributed by atoms with Crippen molar-refractivity contribution >= 4 is 27.6 Å². The van der Waals surface area contributed by atoms with Gasteiger partial charge < -0.3 is 15.4 Å². The Morgan fingerprint density at radius 2 is 1.74 bits per heavy atom. The lowest BCUT2D eigenvalue weighted by atomic mass is 10.0. The highest BCUT2D eigenvalue weighted by Crippen LogP contribution is 2.30. The van der Waals surface area contributed by atoms with E-state index in [4.69, 9.17) is 20.4 Å². The fourth-order valence-electron chi connectivity index (χ4n) is 4.83. The van der Waals surface area contributed by atoms with Crippen LogP contribution in [0.4, 0.5) is 5.69 Å². The maximum atomic E-state index is 6.13. The van der Waals surface area contributed by atoms with E-state index in [2.05, 4.69) is 64.1 Å². The van der Waals surface area contributed by atoms with Gasteiger partial charge in [0.15, 0.2) is 0 Å². The van der Waals surface area contributed by atoms with Gasteiger partial charge in [0.1, 0.15) is 17.9 Å². The molecule has 6 rings (SSSR count). The van der Waals surface area contributed by atoms with Gasteiger partial charge in [-0.05, 0) is 66.4 Å². The minimum Gasteiger partial charge on any atom is -0.497 e. The molecule has 0 unspecified atom stereocenters. The fourth-order valence-corrected chi connectivity index (χ4v) is 4.83. The molecule has 6 nitrogen and oxygen atoms in total. The predicted octanol–water partition coefficient (Wildman–Crippen LogP) is 5.18. The minimum absolute atomic E-state index is 0.300. The van der Waals surface area contributed by atoms with Crippen LogP contribution in [0.1, 0.15) is 12.8 Å². The Bertz CT molecular complexity index is 1480. The summed E-state index contributed by atoms with van der Waals surface area (Å²) in [4.78, 5) is 12.2. The van der Waals surface area contributed by atoms with E-state index in [-0.39, 0.29) is 0 Å². The number of hydrogen-bond acceptors (Lipinski definition) is 5. The molecule has 0 bridgehead atoms. The molecular weight excluding hydrogens is 422 g/mol. The Morgan fingerprint density at radius 3 is 2.59 bits per heavy atom. The summed E-state index contributed by atoms with van der Waals surface area (Å²) in [6.45, 7) is 1.93. The highest BCUT2D eigenvalue weighted by molar-refractivity contribution is 5.92. The van der Waals surface area contributed by atoms with Gasteiger partial charge in [-0.3, -0.25) is 4.57 Å². The Labute approximate surface area is 198 Å². The number of piperidine rings is 1.